The number of halogens is 1. The molecule has 0 radical (unpaired) electrons. The Morgan fingerprint density at radius 2 is 1.78 bits per heavy atom. The minimum Gasteiger partial charge on any atom is -0.339 e. The van der Waals surface area contributed by atoms with Crippen molar-refractivity contribution in [3.05, 3.63) is 70.7 Å². The Kier molecular flexibility index (Phi) is 5.74. The van der Waals surface area contributed by atoms with Gasteiger partial charge in [0.05, 0.1) is 0 Å². The minimum absolute atomic E-state index is 0.108. The molecule has 27 heavy (non-hydrogen) atoms. The molecular formula is C21H25ClN4O. The Bertz CT molecular complexity index is 777. The van der Waals surface area contributed by atoms with Crippen LogP contribution in [0, 0.1) is 0 Å². The van der Waals surface area contributed by atoms with E-state index in [9.17, 15) is 4.79 Å². The number of hydrazine groups is 1. The lowest BCUT2D eigenvalue weighted by Gasteiger charge is -2.35. The maximum Gasteiger partial charge on any atom is 0.241 e. The molecule has 6 heteroatoms. The normalized spacial score (nSPS) is 23.5. The third kappa shape index (κ3) is 4.50. The van der Waals surface area contributed by atoms with Crippen LogP contribution >= 0.6 is 11.6 Å². The van der Waals surface area contributed by atoms with Gasteiger partial charge in [-0.05, 0) is 29.7 Å². The van der Waals surface area contributed by atoms with Gasteiger partial charge in [-0.3, -0.25) is 9.69 Å². The zero-order valence-corrected chi connectivity index (χ0v) is 16.0. The number of hydrogen-bond donors (Lipinski definition) is 2. The topological polar surface area (TPSA) is 47.6 Å². The monoisotopic (exact) mass is 384 g/mol. The minimum atomic E-state index is -0.186. The summed E-state index contributed by atoms with van der Waals surface area (Å²) in [6.07, 6.45) is 0.739. The van der Waals surface area contributed by atoms with E-state index in [0.717, 1.165) is 49.7 Å². The van der Waals surface area contributed by atoms with Crippen LogP contribution in [0.25, 0.3) is 0 Å². The van der Waals surface area contributed by atoms with Gasteiger partial charge in [0.15, 0.2) is 0 Å². The molecule has 2 N–H and O–H groups in total. The number of benzene rings is 2. The zero-order chi connectivity index (χ0) is 18.6. The van der Waals surface area contributed by atoms with Gasteiger partial charge >= 0.3 is 0 Å². The first-order valence-electron chi connectivity index (χ1n) is 9.50. The first kappa shape index (κ1) is 18.4. The number of nitrogens with zero attached hydrogens (tertiary/aromatic N) is 2. The predicted molar refractivity (Wildman–Crippen MR) is 107 cm³/mol. The second-order valence-electron chi connectivity index (χ2n) is 7.27. The van der Waals surface area contributed by atoms with Crippen LogP contribution in [-0.2, 0) is 11.3 Å². The average Bonchev–Trinajstić information content (AvgIpc) is 3.19. The van der Waals surface area contributed by atoms with Crippen molar-refractivity contribution in [1.29, 1.82) is 0 Å². The molecule has 2 aromatic carbocycles. The predicted octanol–water partition coefficient (Wildman–Crippen LogP) is 2.59. The number of carbonyl (C=O) groups is 1. The molecule has 2 atom stereocenters. The zero-order valence-electron chi connectivity index (χ0n) is 15.3. The first-order chi connectivity index (χ1) is 13.2. The van der Waals surface area contributed by atoms with Gasteiger partial charge in [-0.25, -0.2) is 10.9 Å². The number of nitrogens with one attached hydrogen (secondary N) is 2. The van der Waals surface area contributed by atoms with Crippen LogP contribution in [0.2, 0.25) is 5.02 Å². The molecule has 2 aliphatic heterocycles. The summed E-state index contributed by atoms with van der Waals surface area (Å²) >= 11 is 6.09. The smallest absolute Gasteiger partial charge is 0.241 e. The van der Waals surface area contributed by atoms with Crippen molar-refractivity contribution in [2.75, 3.05) is 26.2 Å². The number of piperazine rings is 1. The second kappa shape index (κ2) is 8.40. The van der Waals surface area contributed by atoms with Crippen molar-refractivity contribution in [2.45, 2.75) is 25.0 Å². The van der Waals surface area contributed by atoms with E-state index in [-0.39, 0.29) is 18.0 Å². The van der Waals surface area contributed by atoms with Crippen LogP contribution in [0.4, 0.5) is 0 Å². The lowest BCUT2D eigenvalue weighted by Crippen LogP contribution is -2.53. The molecule has 0 bridgehead atoms. The lowest BCUT2D eigenvalue weighted by molar-refractivity contribution is -0.135. The summed E-state index contributed by atoms with van der Waals surface area (Å²) in [4.78, 5) is 17.3. The van der Waals surface area contributed by atoms with Crippen molar-refractivity contribution in [2.24, 2.45) is 0 Å². The van der Waals surface area contributed by atoms with Gasteiger partial charge in [-0.1, -0.05) is 54.1 Å². The molecule has 2 aliphatic rings. The van der Waals surface area contributed by atoms with Crippen molar-refractivity contribution < 1.29 is 4.79 Å². The fourth-order valence-corrected chi connectivity index (χ4v) is 4.05. The number of carbonyl (C=O) groups excluding carboxylic acids is 1. The van der Waals surface area contributed by atoms with Crippen molar-refractivity contribution in [3.63, 3.8) is 0 Å². The highest BCUT2D eigenvalue weighted by Crippen LogP contribution is 2.25. The largest absolute Gasteiger partial charge is 0.339 e. The van der Waals surface area contributed by atoms with Crippen LogP contribution < -0.4 is 10.9 Å². The molecule has 2 heterocycles. The van der Waals surface area contributed by atoms with Gasteiger partial charge in [0.2, 0.25) is 5.91 Å². The summed E-state index contributed by atoms with van der Waals surface area (Å²) in [6, 6.07) is 18.2. The molecule has 2 fully saturated rings. The van der Waals surface area contributed by atoms with E-state index in [1.807, 2.05) is 35.2 Å². The molecule has 2 saturated heterocycles. The third-order valence-corrected chi connectivity index (χ3v) is 5.62. The van der Waals surface area contributed by atoms with Crippen LogP contribution in [0.1, 0.15) is 23.6 Å². The van der Waals surface area contributed by atoms with E-state index in [1.54, 1.807) is 0 Å². The van der Waals surface area contributed by atoms with Crippen LogP contribution in [0.3, 0.4) is 0 Å². The summed E-state index contributed by atoms with van der Waals surface area (Å²) in [5, 5.41) is 0.721. The maximum absolute atomic E-state index is 12.9. The molecular weight excluding hydrogens is 360 g/mol. The maximum atomic E-state index is 12.9. The van der Waals surface area contributed by atoms with Crippen LogP contribution in [-0.4, -0.2) is 47.9 Å². The lowest BCUT2D eigenvalue weighted by atomic mass is 10.0. The molecule has 0 saturated carbocycles. The van der Waals surface area contributed by atoms with Crippen molar-refractivity contribution >= 4 is 17.5 Å². The summed E-state index contributed by atoms with van der Waals surface area (Å²) in [6.45, 7) is 4.34. The van der Waals surface area contributed by atoms with E-state index < -0.39 is 0 Å². The first-order valence-corrected chi connectivity index (χ1v) is 9.88. The second-order valence-corrected chi connectivity index (χ2v) is 7.71. The fraction of sp³-hybridized carbons (Fsp3) is 0.381. The van der Waals surface area contributed by atoms with E-state index in [4.69, 9.17) is 11.6 Å². The van der Waals surface area contributed by atoms with Gasteiger partial charge < -0.3 is 4.90 Å². The highest BCUT2D eigenvalue weighted by Gasteiger charge is 2.34. The third-order valence-electron chi connectivity index (χ3n) is 5.39. The fourth-order valence-electron chi connectivity index (χ4n) is 3.85. The molecule has 2 unspecified atom stereocenters. The van der Waals surface area contributed by atoms with E-state index in [2.05, 4.69) is 40.0 Å². The Balaban J connectivity index is 1.28. The molecule has 0 aromatic heterocycles. The molecule has 1 amide bonds. The van der Waals surface area contributed by atoms with Crippen molar-refractivity contribution in [3.8, 4) is 0 Å². The molecule has 0 spiro atoms. The number of rotatable bonds is 4. The Hall–Kier alpha value is -1.92. The van der Waals surface area contributed by atoms with Gasteiger partial charge in [0.1, 0.15) is 6.04 Å². The number of hydrogen-bond acceptors (Lipinski definition) is 4. The van der Waals surface area contributed by atoms with Crippen LogP contribution in [0.5, 0.6) is 0 Å². The van der Waals surface area contributed by atoms with Crippen LogP contribution in [0.15, 0.2) is 54.6 Å². The summed E-state index contributed by atoms with van der Waals surface area (Å²) in [7, 11) is 0. The summed E-state index contributed by atoms with van der Waals surface area (Å²) < 4.78 is 0. The average molecular weight is 385 g/mol. The molecule has 0 aliphatic carbocycles. The van der Waals surface area contributed by atoms with E-state index in [0.29, 0.717) is 0 Å². The number of amides is 1. The van der Waals surface area contributed by atoms with Gasteiger partial charge in [-0.2, -0.15) is 0 Å². The van der Waals surface area contributed by atoms with Crippen molar-refractivity contribution in [1.82, 2.24) is 20.7 Å². The summed E-state index contributed by atoms with van der Waals surface area (Å²) in [5.74, 6) is 0.186. The molecule has 4 rings (SSSR count). The highest BCUT2D eigenvalue weighted by atomic mass is 35.5. The highest BCUT2D eigenvalue weighted by molar-refractivity contribution is 6.30. The molecule has 2 aromatic rings. The Morgan fingerprint density at radius 3 is 2.52 bits per heavy atom. The Morgan fingerprint density at radius 1 is 1.00 bits per heavy atom. The molecule has 142 valence electrons. The quantitative estimate of drug-likeness (QED) is 0.850. The standard InChI is InChI=1S/C21H25ClN4O/c22-18-8-4-7-17(13-18)19-14-20(24-23-19)21(27)26-11-9-25(10-12-26)15-16-5-2-1-3-6-16/h1-8,13,19-20,23-24H,9-12,14-15H2. The van der Waals surface area contributed by atoms with Gasteiger partial charge in [0, 0.05) is 43.8 Å². The Labute approximate surface area is 165 Å². The van der Waals surface area contributed by atoms with E-state index >= 15 is 0 Å². The molecule has 5 nitrogen and oxygen atoms in total. The van der Waals surface area contributed by atoms with E-state index in [1.165, 1.54) is 5.56 Å². The van der Waals surface area contributed by atoms with Gasteiger partial charge in [-0.15, -0.1) is 0 Å². The SMILES string of the molecule is O=C(C1CC(c2cccc(Cl)c2)NN1)N1CCN(Cc2ccccc2)CC1. The summed E-state index contributed by atoms with van der Waals surface area (Å²) in [5.41, 5.74) is 8.85. The van der Waals surface area contributed by atoms with Gasteiger partial charge in [0.25, 0.3) is 0 Å².